The third-order valence-corrected chi connectivity index (χ3v) is 4.83. The minimum atomic E-state index is 0.0623. The van der Waals surface area contributed by atoms with Crippen LogP contribution in [0.4, 0.5) is 11.4 Å². The van der Waals surface area contributed by atoms with Gasteiger partial charge in [-0.3, -0.25) is 0 Å². The Morgan fingerprint density at radius 2 is 1.73 bits per heavy atom. The lowest BCUT2D eigenvalue weighted by Crippen LogP contribution is -2.29. The molecule has 138 valence electrons. The number of anilines is 2. The number of hydrogen-bond donors (Lipinski definition) is 3. The molecular formula is C21H26N2O2S. The third kappa shape index (κ3) is 5.95. The highest BCUT2D eigenvalue weighted by Gasteiger charge is 2.05. The molecule has 2 rings (SSSR count). The van der Waals surface area contributed by atoms with E-state index in [0.29, 0.717) is 13.1 Å². The molecule has 0 saturated heterocycles. The van der Waals surface area contributed by atoms with E-state index in [1.807, 2.05) is 66.6 Å². The molecule has 2 aromatic carbocycles. The van der Waals surface area contributed by atoms with Gasteiger partial charge in [-0.2, -0.15) is 0 Å². The molecule has 0 aliphatic rings. The number of benzene rings is 2. The predicted octanol–water partition coefficient (Wildman–Crippen LogP) is 3.84. The highest BCUT2D eigenvalue weighted by Crippen LogP contribution is 2.32. The first-order chi connectivity index (χ1) is 12.7. The van der Waals surface area contributed by atoms with Gasteiger partial charge in [-0.15, -0.1) is 0 Å². The molecule has 5 heteroatoms. The topological polar surface area (TPSA) is 55.7 Å². The van der Waals surface area contributed by atoms with Crippen LogP contribution in [0.25, 0.3) is 6.08 Å². The van der Waals surface area contributed by atoms with Crippen LogP contribution in [0.3, 0.4) is 0 Å². The molecule has 0 spiro atoms. The molecule has 3 N–H and O–H groups in total. The van der Waals surface area contributed by atoms with E-state index in [-0.39, 0.29) is 13.2 Å². The molecule has 0 atom stereocenters. The Bertz CT molecular complexity index is 723. The average Bonchev–Trinajstić information content (AvgIpc) is 2.67. The van der Waals surface area contributed by atoms with Crippen LogP contribution in [-0.4, -0.2) is 43.6 Å². The van der Waals surface area contributed by atoms with Crippen LogP contribution in [0.2, 0.25) is 0 Å². The second-order valence-electron chi connectivity index (χ2n) is 5.67. The van der Waals surface area contributed by atoms with Crippen molar-refractivity contribution < 1.29 is 10.2 Å². The van der Waals surface area contributed by atoms with E-state index >= 15 is 0 Å². The molecule has 26 heavy (non-hydrogen) atoms. The van der Waals surface area contributed by atoms with Crippen LogP contribution in [0.15, 0.2) is 71.0 Å². The minimum absolute atomic E-state index is 0.0623. The zero-order chi connectivity index (χ0) is 18.8. The SMILES string of the molecule is C=C(/C=C/c1ccc(N(CCO)CCO)cc1)Sc1ccccc1NC. The normalized spacial score (nSPS) is 10.9. The van der Waals surface area contributed by atoms with E-state index in [1.165, 1.54) is 0 Å². The second kappa shape index (κ2) is 10.7. The van der Waals surface area contributed by atoms with Crippen molar-refractivity contribution in [2.24, 2.45) is 0 Å². The Balaban J connectivity index is 2.00. The van der Waals surface area contributed by atoms with Gasteiger partial charge in [-0.25, -0.2) is 0 Å². The van der Waals surface area contributed by atoms with E-state index < -0.39 is 0 Å². The van der Waals surface area contributed by atoms with Crippen molar-refractivity contribution in [3.8, 4) is 0 Å². The summed E-state index contributed by atoms with van der Waals surface area (Å²) >= 11 is 1.63. The van der Waals surface area contributed by atoms with Crippen LogP contribution in [0.5, 0.6) is 0 Å². The first-order valence-corrected chi connectivity index (χ1v) is 9.38. The number of aliphatic hydroxyl groups is 2. The largest absolute Gasteiger partial charge is 0.395 e. The monoisotopic (exact) mass is 370 g/mol. The van der Waals surface area contributed by atoms with Crippen molar-refractivity contribution in [2.45, 2.75) is 4.90 Å². The smallest absolute Gasteiger partial charge is 0.0606 e. The number of rotatable bonds is 10. The molecule has 0 aromatic heterocycles. The Hall–Kier alpha value is -2.21. The summed E-state index contributed by atoms with van der Waals surface area (Å²) in [5.41, 5.74) is 3.15. The molecule has 0 fully saturated rings. The maximum Gasteiger partial charge on any atom is 0.0606 e. The summed E-state index contributed by atoms with van der Waals surface area (Å²) in [5.74, 6) is 0. The predicted molar refractivity (Wildman–Crippen MR) is 113 cm³/mol. The van der Waals surface area contributed by atoms with Crippen molar-refractivity contribution in [3.63, 3.8) is 0 Å². The zero-order valence-corrected chi connectivity index (χ0v) is 15.9. The molecule has 0 aliphatic carbocycles. The molecule has 0 amide bonds. The van der Waals surface area contributed by atoms with E-state index in [9.17, 15) is 0 Å². The maximum atomic E-state index is 9.13. The quantitative estimate of drug-likeness (QED) is 0.438. The van der Waals surface area contributed by atoms with Crippen LogP contribution in [-0.2, 0) is 0 Å². The van der Waals surface area contributed by atoms with E-state index in [4.69, 9.17) is 10.2 Å². The first kappa shape index (κ1) is 20.1. The van der Waals surface area contributed by atoms with Gasteiger partial charge in [0.25, 0.3) is 0 Å². The summed E-state index contributed by atoms with van der Waals surface area (Å²) in [7, 11) is 1.91. The minimum Gasteiger partial charge on any atom is -0.395 e. The fourth-order valence-corrected chi connectivity index (χ4v) is 3.38. The lowest BCUT2D eigenvalue weighted by molar-refractivity contribution is 0.281. The van der Waals surface area contributed by atoms with Crippen molar-refractivity contribution in [1.29, 1.82) is 0 Å². The number of hydrogen-bond acceptors (Lipinski definition) is 5. The highest BCUT2D eigenvalue weighted by molar-refractivity contribution is 8.03. The molecule has 4 nitrogen and oxygen atoms in total. The summed E-state index contributed by atoms with van der Waals surface area (Å²) in [5, 5.41) is 21.4. The van der Waals surface area contributed by atoms with Gasteiger partial charge in [0, 0.05) is 41.3 Å². The van der Waals surface area contributed by atoms with Gasteiger partial charge in [-0.05, 0) is 35.9 Å². The Morgan fingerprint density at radius 3 is 2.35 bits per heavy atom. The van der Waals surface area contributed by atoms with Crippen molar-refractivity contribution in [1.82, 2.24) is 0 Å². The van der Waals surface area contributed by atoms with Gasteiger partial charge in [0.1, 0.15) is 0 Å². The van der Waals surface area contributed by atoms with E-state index in [2.05, 4.69) is 18.0 Å². The van der Waals surface area contributed by atoms with Gasteiger partial charge < -0.3 is 20.4 Å². The molecule has 0 saturated carbocycles. The molecule has 0 aliphatic heterocycles. The number of nitrogens with one attached hydrogen (secondary N) is 1. The Labute approximate surface area is 159 Å². The van der Waals surface area contributed by atoms with Gasteiger partial charge in [0.15, 0.2) is 0 Å². The van der Waals surface area contributed by atoms with Crippen LogP contribution in [0, 0.1) is 0 Å². The molecule has 0 unspecified atom stereocenters. The van der Waals surface area contributed by atoms with Crippen molar-refractivity contribution in [2.75, 3.05) is 43.6 Å². The lowest BCUT2D eigenvalue weighted by atomic mass is 10.2. The van der Waals surface area contributed by atoms with Crippen molar-refractivity contribution >= 4 is 29.2 Å². The van der Waals surface area contributed by atoms with Crippen LogP contribution in [0.1, 0.15) is 5.56 Å². The fourth-order valence-electron chi connectivity index (χ4n) is 2.53. The standard InChI is InChI=1S/C21H26N2O2S/c1-17(26-21-6-4-3-5-20(21)22-2)7-8-18-9-11-19(12-10-18)23(13-15-24)14-16-25/h3-12,22,24-25H,1,13-16H2,2H3/b8-7+. The summed E-state index contributed by atoms with van der Waals surface area (Å²) in [6, 6.07) is 16.2. The molecule has 0 heterocycles. The van der Waals surface area contributed by atoms with Crippen LogP contribution >= 0.6 is 11.8 Å². The maximum absolute atomic E-state index is 9.13. The summed E-state index contributed by atoms with van der Waals surface area (Å²) in [6.07, 6.45) is 4.04. The van der Waals surface area contributed by atoms with Gasteiger partial charge >= 0.3 is 0 Å². The van der Waals surface area contributed by atoms with Gasteiger partial charge in [0.2, 0.25) is 0 Å². The van der Waals surface area contributed by atoms with Gasteiger partial charge in [0.05, 0.1) is 13.2 Å². The number of nitrogens with zero attached hydrogens (tertiary/aromatic N) is 1. The number of aliphatic hydroxyl groups excluding tert-OH is 2. The molecule has 2 aromatic rings. The molecular weight excluding hydrogens is 344 g/mol. The summed E-state index contributed by atoms with van der Waals surface area (Å²) < 4.78 is 0. The van der Waals surface area contributed by atoms with E-state index in [0.717, 1.165) is 26.7 Å². The number of thioether (sulfide) groups is 1. The Kier molecular flexibility index (Phi) is 8.28. The van der Waals surface area contributed by atoms with Crippen LogP contribution < -0.4 is 10.2 Å². The lowest BCUT2D eigenvalue weighted by Gasteiger charge is -2.22. The summed E-state index contributed by atoms with van der Waals surface area (Å²) in [6.45, 7) is 5.26. The number of para-hydroxylation sites is 1. The first-order valence-electron chi connectivity index (χ1n) is 8.56. The fraction of sp³-hybridized carbons (Fsp3) is 0.238. The van der Waals surface area contributed by atoms with E-state index in [1.54, 1.807) is 11.8 Å². The zero-order valence-electron chi connectivity index (χ0n) is 15.1. The van der Waals surface area contributed by atoms with Crippen molar-refractivity contribution in [3.05, 3.63) is 71.7 Å². The second-order valence-corrected chi connectivity index (χ2v) is 6.84. The highest BCUT2D eigenvalue weighted by atomic mass is 32.2. The molecule has 0 radical (unpaired) electrons. The molecule has 0 bridgehead atoms. The number of allylic oxidation sites excluding steroid dienone is 1. The summed E-state index contributed by atoms with van der Waals surface area (Å²) in [4.78, 5) is 4.05. The van der Waals surface area contributed by atoms with Gasteiger partial charge in [-0.1, -0.05) is 48.7 Å². The Morgan fingerprint density at radius 1 is 1.08 bits per heavy atom. The third-order valence-electron chi connectivity index (χ3n) is 3.86. The average molecular weight is 371 g/mol.